The summed E-state index contributed by atoms with van der Waals surface area (Å²) in [6.45, 7) is 6.59. The van der Waals surface area contributed by atoms with E-state index in [0.29, 0.717) is 11.9 Å². The second kappa shape index (κ2) is 7.46. The van der Waals surface area contributed by atoms with Crippen LogP contribution in [0.15, 0.2) is 18.5 Å². The minimum Gasteiger partial charge on any atom is -0.381 e. The number of aromatic nitrogens is 2. The lowest BCUT2D eigenvalue weighted by Gasteiger charge is -2.44. The number of amides is 1. The maximum Gasteiger partial charge on any atom is 0.230 e. The van der Waals surface area contributed by atoms with Crippen LogP contribution in [0, 0.1) is 5.41 Å². The van der Waals surface area contributed by atoms with Crippen molar-refractivity contribution in [2.75, 3.05) is 39.4 Å². The van der Waals surface area contributed by atoms with E-state index < -0.39 is 0 Å². The van der Waals surface area contributed by atoms with E-state index >= 15 is 0 Å². The lowest BCUT2D eigenvalue weighted by atomic mass is 9.77. The van der Waals surface area contributed by atoms with Crippen molar-refractivity contribution in [3.05, 3.63) is 18.5 Å². The van der Waals surface area contributed by atoms with Crippen LogP contribution in [0.5, 0.6) is 0 Å². The highest BCUT2D eigenvalue weighted by atomic mass is 16.5. The molecule has 1 spiro atoms. The fourth-order valence-corrected chi connectivity index (χ4v) is 4.86. The molecule has 3 fully saturated rings. The molecule has 3 aliphatic rings. The van der Waals surface area contributed by atoms with Gasteiger partial charge in [-0.15, -0.1) is 0 Å². The predicted octanol–water partition coefficient (Wildman–Crippen LogP) is 1.77. The third-order valence-corrected chi connectivity index (χ3v) is 6.25. The Labute approximate surface area is 150 Å². The van der Waals surface area contributed by atoms with Crippen LogP contribution >= 0.6 is 0 Å². The molecule has 1 aromatic heterocycles. The largest absolute Gasteiger partial charge is 0.381 e. The van der Waals surface area contributed by atoms with Gasteiger partial charge in [0.05, 0.1) is 5.41 Å². The third-order valence-electron chi connectivity index (χ3n) is 6.25. The molecule has 0 aliphatic carbocycles. The van der Waals surface area contributed by atoms with Crippen LogP contribution in [0.25, 0.3) is 0 Å². The van der Waals surface area contributed by atoms with Crippen LogP contribution in [0.4, 0.5) is 0 Å². The molecule has 3 saturated heterocycles. The highest BCUT2D eigenvalue weighted by molar-refractivity contribution is 5.84. The Morgan fingerprint density at radius 2 is 2.08 bits per heavy atom. The van der Waals surface area contributed by atoms with Gasteiger partial charge in [-0.25, -0.2) is 0 Å². The average molecular weight is 346 g/mol. The molecule has 1 aromatic rings. The second-order valence-corrected chi connectivity index (χ2v) is 7.87. The molecule has 0 unspecified atom stereocenters. The highest BCUT2D eigenvalue weighted by Gasteiger charge is 2.49. The summed E-state index contributed by atoms with van der Waals surface area (Å²) < 4.78 is 7.47. The van der Waals surface area contributed by atoms with Crippen LogP contribution in [0.1, 0.15) is 38.5 Å². The van der Waals surface area contributed by atoms with E-state index in [-0.39, 0.29) is 5.41 Å². The monoisotopic (exact) mass is 346 g/mol. The Balaban J connectivity index is 1.32. The molecule has 138 valence electrons. The molecule has 6 heteroatoms. The number of likely N-dealkylation sites (tertiary alicyclic amines) is 2. The number of carbonyl (C=O) groups excluding carboxylic acids is 1. The first-order valence-corrected chi connectivity index (χ1v) is 9.85. The van der Waals surface area contributed by atoms with E-state index in [4.69, 9.17) is 4.74 Å². The summed E-state index contributed by atoms with van der Waals surface area (Å²) in [6.07, 6.45) is 10.2. The number of carbonyl (C=O) groups is 1. The smallest absolute Gasteiger partial charge is 0.230 e. The highest BCUT2D eigenvalue weighted by Crippen LogP contribution is 2.41. The van der Waals surface area contributed by atoms with Gasteiger partial charge in [0, 0.05) is 51.3 Å². The molecular formula is C19H30N4O2. The molecular weight excluding hydrogens is 316 g/mol. The Hall–Kier alpha value is -1.40. The van der Waals surface area contributed by atoms with Crippen molar-refractivity contribution in [3.8, 4) is 0 Å². The fourth-order valence-electron chi connectivity index (χ4n) is 4.86. The van der Waals surface area contributed by atoms with Gasteiger partial charge in [-0.2, -0.15) is 5.10 Å². The van der Waals surface area contributed by atoms with Crippen molar-refractivity contribution in [2.45, 2.75) is 51.1 Å². The Morgan fingerprint density at radius 1 is 1.20 bits per heavy atom. The average Bonchev–Trinajstić information content (AvgIpc) is 3.29. The number of ether oxygens (including phenoxy) is 1. The number of hydrogen-bond donors (Lipinski definition) is 0. The summed E-state index contributed by atoms with van der Waals surface area (Å²) in [4.78, 5) is 18.0. The van der Waals surface area contributed by atoms with E-state index in [9.17, 15) is 4.79 Å². The number of rotatable bonds is 5. The summed E-state index contributed by atoms with van der Waals surface area (Å²) in [5.74, 6) is 0.431. The maximum atomic E-state index is 13.3. The van der Waals surface area contributed by atoms with E-state index in [1.807, 2.05) is 23.1 Å². The van der Waals surface area contributed by atoms with E-state index in [0.717, 1.165) is 84.5 Å². The molecule has 0 aromatic carbocycles. The van der Waals surface area contributed by atoms with Crippen molar-refractivity contribution in [3.63, 3.8) is 0 Å². The van der Waals surface area contributed by atoms with Crippen LogP contribution in [-0.2, 0) is 16.1 Å². The normalized spacial score (nSPS) is 29.0. The van der Waals surface area contributed by atoms with Gasteiger partial charge in [0.25, 0.3) is 0 Å². The number of aryl methyl sites for hydroxylation is 1. The SMILES string of the molecule is O=C1N(C2CCOCC2)CCC[C@@]12CCN(CCCn1cccn1)C2. The van der Waals surface area contributed by atoms with Gasteiger partial charge in [0.1, 0.15) is 0 Å². The summed E-state index contributed by atoms with van der Waals surface area (Å²) in [5, 5.41) is 4.26. The second-order valence-electron chi connectivity index (χ2n) is 7.87. The van der Waals surface area contributed by atoms with Gasteiger partial charge < -0.3 is 14.5 Å². The molecule has 0 saturated carbocycles. The minimum absolute atomic E-state index is 0.109. The summed E-state index contributed by atoms with van der Waals surface area (Å²) >= 11 is 0. The molecule has 6 nitrogen and oxygen atoms in total. The molecule has 0 bridgehead atoms. The van der Waals surface area contributed by atoms with Gasteiger partial charge in [-0.05, 0) is 57.7 Å². The minimum atomic E-state index is -0.109. The molecule has 0 radical (unpaired) electrons. The van der Waals surface area contributed by atoms with Gasteiger partial charge >= 0.3 is 0 Å². The van der Waals surface area contributed by atoms with Crippen molar-refractivity contribution in [2.24, 2.45) is 5.41 Å². The number of piperidine rings is 1. The maximum absolute atomic E-state index is 13.3. The fraction of sp³-hybridized carbons (Fsp3) is 0.789. The molecule has 1 amide bonds. The topological polar surface area (TPSA) is 50.6 Å². The zero-order chi connectivity index (χ0) is 17.1. The van der Waals surface area contributed by atoms with Crippen molar-refractivity contribution < 1.29 is 9.53 Å². The van der Waals surface area contributed by atoms with Crippen molar-refractivity contribution in [1.82, 2.24) is 19.6 Å². The molecule has 4 rings (SSSR count). The molecule has 0 N–H and O–H groups in total. The quantitative estimate of drug-likeness (QED) is 0.815. The Morgan fingerprint density at radius 3 is 2.88 bits per heavy atom. The van der Waals surface area contributed by atoms with Gasteiger partial charge in [0.2, 0.25) is 5.91 Å². The van der Waals surface area contributed by atoms with Crippen LogP contribution < -0.4 is 0 Å². The first kappa shape index (κ1) is 17.0. The molecule has 25 heavy (non-hydrogen) atoms. The summed E-state index contributed by atoms with van der Waals surface area (Å²) in [5.41, 5.74) is -0.109. The first-order chi connectivity index (χ1) is 12.3. The number of nitrogens with zero attached hydrogens (tertiary/aromatic N) is 4. The Kier molecular flexibility index (Phi) is 5.08. The first-order valence-electron chi connectivity index (χ1n) is 9.85. The van der Waals surface area contributed by atoms with Crippen LogP contribution in [0.2, 0.25) is 0 Å². The van der Waals surface area contributed by atoms with Crippen molar-refractivity contribution >= 4 is 5.91 Å². The predicted molar refractivity (Wildman–Crippen MR) is 95.1 cm³/mol. The van der Waals surface area contributed by atoms with E-state index in [1.54, 1.807) is 0 Å². The number of hydrogen-bond acceptors (Lipinski definition) is 4. The Bertz CT molecular complexity index is 570. The standard InChI is InChI=1S/C19H30N4O2/c24-18-19(6-1-12-23(18)17-4-14-25-15-5-17)7-13-21(16-19)9-3-11-22-10-2-8-20-22/h2,8,10,17H,1,3-7,9,11-16H2/t19-/m0/s1. The van der Waals surface area contributed by atoms with Gasteiger partial charge in [0.15, 0.2) is 0 Å². The third kappa shape index (κ3) is 3.60. The van der Waals surface area contributed by atoms with Gasteiger partial charge in [-0.1, -0.05) is 0 Å². The zero-order valence-electron chi connectivity index (χ0n) is 15.1. The zero-order valence-corrected chi connectivity index (χ0v) is 15.1. The van der Waals surface area contributed by atoms with Crippen molar-refractivity contribution in [1.29, 1.82) is 0 Å². The van der Waals surface area contributed by atoms with E-state index in [1.165, 1.54) is 0 Å². The van der Waals surface area contributed by atoms with Crippen LogP contribution in [-0.4, -0.2) is 70.9 Å². The molecule has 3 aliphatic heterocycles. The lowest BCUT2D eigenvalue weighted by molar-refractivity contribution is -0.150. The van der Waals surface area contributed by atoms with Gasteiger partial charge in [-0.3, -0.25) is 9.48 Å². The van der Waals surface area contributed by atoms with E-state index in [2.05, 4.69) is 14.9 Å². The van der Waals surface area contributed by atoms with Crippen LogP contribution in [0.3, 0.4) is 0 Å². The lowest BCUT2D eigenvalue weighted by Crippen LogP contribution is -2.54. The summed E-state index contributed by atoms with van der Waals surface area (Å²) in [7, 11) is 0. The molecule has 1 atom stereocenters. The molecule has 4 heterocycles. The summed E-state index contributed by atoms with van der Waals surface area (Å²) in [6, 6.07) is 2.38.